The predicted molar refractivity (Wildman–Crippen MR) is 160 cm³/mol. The molecule has 4 aliphatic carbocycles. The number of nitro groups is 1. The summed E-state index contributed by atoms with van der Waals surface area (Å²) in [6.45, 7) is 1.13. The van der Waals surface area contributed by atoms with Gasteiger partial charge in [0, 0.05) is 23.3 Å². The van der Waals surface area contributed by atoms with E-state index in [4.69, 9.17) is 4.18 Å². The Kier molecular flexibility index (Phi) is 6.89. The molecule has 3 fully saturated rings. The number of hydrogen-bond donors (Lipinski definition) is 0. The molecule has 1 heterocycles. The third-order valence-electron chi connectivity index (χ3n) is 9.43. The smallest absolute Gasteiger partial charge is 0.339 e. The molecule has 0 unspecified atom stereocenters. The van der Waals surface area contributed by atoms with Crippen molar-refractivity contribution in [2.75, 3.05) is 6.54 Å². The highest BCUT2D eigenvalue weighted by Gasteiger charge is 2.68. The van der Waals surface area contributed by atoms with Crippen molar-refractivity contribution in [1.82, 2.24) is 10.0 Å². The van der Waals surface area contributed by atoms with Gasteiger partial charge in [-0.05, 0) is 85.5 Å². The summed E-state index contributed by atoms with van der Waals surface area (Å²) in [7, 11) is -4.14. The first-order chi connectivity index (χ1) is 21.9. The maximum Gasteiger partial charge on any atom is 0.339 e. The third-order valence-corrected chi connectivity index (χ3v) is 10.7. The van der Waals surface area contributed by atoms with Gasteiger partial charge in [-0.3, -0.25) is 29.3 Å². The normalized spacial score (nSPS) is 25.5. The number of allylic oxidation sites excluding steroid dienone is 2. The molecule has 46 heavy (non-hydrogen) atoms. The van der Waals surface area contributed by atoms with Crippen LogP contribution in [0.3, 0.4) is 0 Å². The van der Waals surface area contributed by atoms with E-state index >= 15 is 0 Å². The number of carbonyl (C=O) groups is 4. The molecule has 3 aromatic rings. The van der Waals surface area contributed by atoms with Crippen molar-refractivity contribution < 1.29 is 36.7 Å². The van der Waals surface area contributed by atoms with Crippen molar-refractivity contribution in [3.63, 3.8) is 0 Å². The Morgan fingerprint density at radius 1 is 0.870 bits per heavy atom. The zero-order valence-electron chi connectivity index (χ0n) is 24.4. The quantitative estimate of drug-likeness (QED) is 0.0841. The number of ketones is 1. The summed E-state index contributed by atoms with van der Waals surface area (Å²) >= 11 is 0. The Balaban J connectivity index is 1.15. The van der Waals surface area contributed by atoms with E-state index in [2.05, 4.69) is 0 Å². The van der Waals surface area contributed by atoms with Crippen LogP contribution in [-0.4, -0.2) is 53.4 Å². The van der Waals surface area contributed by atoms with Crippen LogP contribution in [0, 0.1) is 52.5 Å². The lowest BCUT2D eigenvalue weighted by Gasteiger charge is -2.37. The number of amides is 3. The van der Waals surface area contributed by atoms with E-state index in [0.29, 0.717) is 11.8 Å². The molecule has 3 aromatic carbocycles. The second-order valence-electron chi connectivity index (χ2n) is 12.1. The van der Waals surface area contributed by atoms with Gasteiger partial charge < -0.3 is 4.18 Å². The van der Waals surface area contributed by atoms with Gasteiger partial charge in [0.15, 0.2) is 5.78 Å². The Bertz CT molecular complexity index is 1900. The average molecular weight is 642 g/mol. The van der Waals surface area contributed by atoms with Gasteiger partial charge in [0.1, 0.15) is 17.2 Å². The van der Waals surface area contributed by atoms with Crippen molar-refractivity contribution >= 4 is 39.3 Å². The number of aryl methyl sites for hydroxylation is 1. The molecule has 1 saturated heterocycles. The fourth-order valence-corrected chi connectivity index (χ4v) is 8.02. The molecule has 2 bridgehead atoms. The number of hydrazine groups is 1. The minimum Gasteiger partial charge on any atom is -0.379 e. The lowest BCUT2D eigenvalue weighted by Crippen LogP contribution is -2.52. The van der Waals surface area contributed by atoms with E-state index in [0.717, 1.165) is 34.1 Å². The van der Waals surface area contributed by atoms with Crippen molar-refractivity contribution in [1.29, 1.82) is 0 Å². The molecule has 12 nitrogen and oxygen atoms in total. The summed E-state index contributed by atoms with van der Waals surface area (Å²) in [5.74, 6) is -3.46. The van der Waals surface area contributed by atoms with E-state index in [9.17, 15) is 37.7 Å². The number of non-ortho nitro benzene ring substituents is 1. The van der Waals surface area contributed by atoms with E-state index < -0.39 is 56.9 Å². The molecule has 234 valence electrons. The van der Waals surface area contributed by atoms with Crippen molar-refractivity contribution in [2.45, 2.75) is 18.2 Å². The van der Waals surface area contributed by atoms with Crippen LogP contribution in [0.1, 0.15) is 32.7 Å². The lowest BCUT2D eigenvalue weighted by atomic mass is 9.63. The number of benzene rings is 3. The zero-order chi connectivity index (χ0) is 32.5. The summed E-state index contributed by atoms with van der Waals surface area (Å²) in [5.41, 5.74) is 0.635. The number of imide groups is 1. The first-order valence-corrected chi connectivity index (χ1v) is 16.1. The maximum absolute atomic E-state index is 13.9. The number of hydrogen-bond acceptors (Lipinski definition) is 9. The summed E-state index contributed by atoms with van der Waals surface area (Å²) in [6, 6.07) is 16.0. The van der Waals surface area contributed by atoms with Gasteiger partial charge in [-0.1, -0.05) is 29.8 Å². The number of nitrogens with zero attached hydrogens (tertiary/aromatic N) is 3. The molecule has 0 radical (unpaired) electrons. The molecular weight excluding hydrogens is 614 g/mol. The Morgan fingerprint density at radius 2 is 1.41 bits per heavy atom. The lowest BCUT2D eigenvalue weighted by molar-refractivity contribution is -0.384. The largest absolute Gasteiger partial charge is 0.379 e. The van der Waals surface area contributed by atoms with Crippen LogP contribution in [0.15, 0.2) is 89.8 Å². The molecule has 0 aromatic heterocycles. The van der Waals surface area contributed by atoms with Gasteiger partial charge in [0.2, 0.25) is 0 Å². The monoisotopic (exact) mass is 641 g/mol. The topological polar surface area (TPSA) is 161 Å². The number of rotatable bonds is 9. The van der Waals surface area contributed by atoms with Crippen LogP contribution < -0.4 is 4.18 Å². The fraction of sp³-hybridized carbons (Fsp3) is 0.273. The third kappa shape index (κ3) is 4.87. The van der Waals surface area contributed by atoms with Crippen molar-refractivity contribution in [3.05, 3.63) is 112 Å². The van der Waals surface area contributed by atoms with E-state index in [1.807, 2.05) is 19.1 Å². The Labute approximate surface area is 263 Å². The molecule has 3 amide bonds. The molecule has 8 rings (SSSR count). The number of carbonyl (C=O) groups excluding carboxylic acids is 4. The fourth-order valence-electron chi connectivity index (χ4n) is 7.09. The second-order valence-corrected chi connectivity index (χ2v) is 13.7. The van der Waals surface area contributed by atoms with Gasteiger partial charge in [-0.25, -0.2) is 5.01 Å². The summed E-state index contributed by atoms with van der Waals surface area (Å²) in [6.07, 6.45) is 4.93. The Morgan fingerprint density at radius 3 is 1.96 bits per heavy atom. The standard InChI is InChI=1S/C33H27N3O9S/c1-18-2-12-23(13-3-18)46(43,44)45-22-10-6-19(7-11-22)28(37)17-34(31(38)20-4-8-21(9-5-20)36(41)42)35-32(39)29-24-14-15-25(27-16-26(24)27)30(29)33(35)40/h2-15,24-27,29-30H,16-17H2,1H3/t24-,25-,26-,27+,29-,30+/m0/s1. The van der Waals surface area contributed by atoms with Gasteiger partial charge in [0.05, 0.1) is 16.8 Å². The zero-order valence-corrected chi connectivity index (χ0v) is 25.2. The SMILES string of the molecule is Cc1ccc(S(=O)(=O)Oc2ccc(C(=O)CN(C(=O)c3ccc([N+](=O)[O-])cc3)N3C(=O)[C@@H]4[C@H]5C=C[C@@H]([C@@H]6C[C@H]56)[C@@H]4C3=O)cc2)cc1. The highest BCUT2D eigenvalue weighted by Crippen LogP contribution is 2.65. The minimum absolute atomic E-state index is 0.0416. The highest BCUT2D eigenvalue weighted by atomic mass is 32.2. The van der Waals surface area contributed by atoms with Crippen LogP contribution in [0.5, 0.6) is 5.75 Å². The predicted octanol–water partition coefficient (Wildman–Crippen LogP) is 3.96. The van der Waals surface area contributed by atoms with Crippen LogP contribution >= 0.6 is 0 Å². The van der Waals surface area contributed by atoms with Gasteiger partial charge in [-0.2, -0.15) is 13.4 Å². The van der Waals surface area contributed by atoms with Crippen LogP contribution in [0.4, 0.5) is 5.69 Å². The molecule has 0 N–H and O–H groups in total. The molecular formula is C33H27N3O9S. The van der Waals surface area contributed by atoms with Crippen LogP contribution in [0.2, 0.25) is 0 Å². The number of nitro benzene ring substituents is 1. The molecule has 6 atom stereocenters. The number of Topliss-reactive ketones (excluding diaryl/α,β-unsaturated/α-hetero) is 1. The van der Waals surface area contributed by atoms with Crippen LogP contribution in [0.25, 0.3) is 0 Å². The van der Waals surface area contributed by atoms with E-state index in [1.165, 1.54) is 48.5 Å². The first-order valence-electron chi connectivity index (χ1n) is 14.7. The van der Waals surface area contributed by atoms with Gasteiger partial charge >= 0.3 is 10.1 Å². The minimum atomic E-state index is -4.14. The van der Waals surface area contributed by atoms with Crippen molar-refractivity contribution in [3.8, 4) is 5.75 Å². The molecule has 5 aliphatic rings. The van der Waals surface area contributed by atoms with Gasteiger partial charge in [0.25, 0.3) is 23.4 Å². The van der Waals surface area contributed by atoms with E-state index in [1.54, 1.807) is 12.1 Å². The molecule has 2 saturated carbocycles. The average Bonchev–Trinajstić information content (AvgIpc) is 3.83. The molecule has 0 spiro atoms. The summed E-state index contributed by atoms with van der Waals surface area (Å²) < 4.78 is 30.6. The van der Waals surface area contributed by atoms with E-state index in [-0.39, 0.29) is 39.3 Å². The summed E-state index contributed by atoms with van der Waals surface area (Å²) in [4.78, 5) is 65.6. The highest BCUT2D eigenvalue weighted by molar-refractivity contribution is 7.87. The van der Waals surface area contributed by atoms with Crippen molar-refractivity contribution in [2.24, 2.45) is 35.5 Å². The maximum atomic E-state index is 13.9. The summed E-state index contributed by atoms with van der Waals surface area (Å²) in [5, 5.41) is 12.8. The van der Waals surface area contributed by atoms with Crippen LogP contribution in [-0.2, 0) is 19.7 Å². The first kappa shape index (κ1) is 29.5. The molecule has 13 heteroatoms. The Hall–Kier alpha value is -5.17. The second kappa shape index (κ2) is 10.7. The molecule has 1 aliphatic heterocycles. The van der Waals surface area contributed by atoms with Gasteiger partial charge in [-0.15, -0.1) is 0 Å².